The SMILES string of the molecule is CCCCC(=O)NCc1cccc(-c2ncc(-c3cc(OC)ccc3OC)[nH]2)c1. The van der Waals surface area contributed by atoms with Crippen LogP contribution in [0.1, 0.15) is 31.7 Å². The van der Waals surface area contributed by atoms with Crippen molar-refractivity contribution in [2.75, 3.05) is 14.2 Å². The van der Waals surface area contributed by atoms with Gasteiger partial charge in [0.05, 0.1) is 26.1 Å². The van der Waals surface area contributed by atoms with E-state index in [1.54, 1.807) is 20.4 Å². The van der Waals surface area contributed by atoms with Crippen molar-refractivity contribution in [1.82, 2.24) is 15.3 Å². The normalized spacial score (nSPS) is 10.6. The van der Waals surface area contributed by atoms with Crippen molar-refractivity contribution in [3.8, 4) is 34.1 Å². The largest absolute Gasteiger partial charge is 0.497 e. The fraction of sp³-hybridized carbons (Fsp3) is 0.304. The molecule has 1 aromatic heterocycles. The minimum atomic E-state index is 0.0858. The molecule has 3 rings (SSSR count). The highest BCUT2D eigenvalue weighted by Crippen LogP contribution is 2.33. The molecule has 0 aliphatic carbocycles. The average Bonchev–Trinajstić information content (AvgIpc) is 3.26. The number of ether oxygens (including phenoxy) is 2. The summed E-state index contributed by atoms with van der Waals surface area (Å²) in [5, 5.41) is 2.97. The van der Waals surface area contributed by atoms with Gasteiger partial charge in [-0.2, -0.15) is 0 Å². The van der Waals surface area contributed by atoms with Gasteiger partial charge in [0.15, 0.2) is 0 Å². The lowest BCUT2D eigenvalue weighted by atomic mass is 10.1. The number of methoxy groups -OCH3 is 2. The molecule has 6 nitrogen and oxygen atoms in total. The number of hydrogen-bond acceptors (Lipinski definition) is 4. The quantitative estimate of drug-likeness (QED) is 0.558. The molecule has 6 heteroatoms. The molecule has 0 atom stereocenters. The lowest BCUT2D eigenvalue weighted by Gasteiger charge is -2.09. The number of benzene rings is 2. The number of aromatic amines is 1. The second kappa shape index (κ2) is 9.78. The second-order valence-electron chi connectivity index (χ2n) is 6.79. The van der Waals surface area contributed by atoms with Crippen LogP contribution in [0.3, 0.4) is 0 Å². The zero-order valence-electron chi connectivity index (χ0n) is 17.1. The number of hydrogen-bond donors (Lipinski definition) is 2. The zero-order chi connectivity index (χ0) is 20.6. The Labute approximate surface area is 171 Å². The fourth-order valence-corrected chi connectivity index (χ4v) is 3.08. The Kier molecular flexibility index (Phi) is 6.89. The van der Waals surface area contributed by atoms with Crippen molar-refractivity contribution in [3.63, 3.8) is 0 Å². The van der Waals surface area contributed by atoms with Crippen LogP contribution in [-0.2, 0) is 11.3 Å². The number of aromatic nitrogens is 2. The molecule has 0 bridgehead atoms. The van der Waals surface area contributed by atoms with E-state index in [4.69, 9.17) is 9.47 Å². The van der Waals surface area contributed by atoms with Crippen LogP contribution in [0.15, 0.2) is 48.7 Å². The first-order valence-electron chi connectivity index (χ1n) is 9.78. The third-order valence-corrected chi connectivity index (χ3v) is 4.72. The van der Waals surface area contributed by atoms with Gasteiger partial charge in [0.25, 0.3) is 0 Å². The maximum absolute atomic E-state index is 11.9. The van der Waals surface area contributed by atoms with Crippen LogP contribution < -0.4 is 14.8 Å². The van der Waals surface area contributed by atoms with Gasteiger partial charge >= 0.3 is 0 Å². The van der Waals surface area contributed by atoms with Gasteiger partial charge in [-0.15, -0.1) is 0 Å². The summed E-state index contributed by atoms with van der Waals surface area (Å²) in [5.74, 6) is 2.33. The maximum atomic E-state index is 11.9. The van der Waals surface area contributed by atoms with Crippen molar-refractivity contribution >= 4 is 5.91 Å². The van der Waals surface area contributed by atoms with Gasteiger partial charge in [-0.3, -0.25) is 4.79 Å². The first-order valence-corrected chi connectivity index (χ1v) is 9.78. The molecule has 0 radical (unpaired) electrons. The first-order chi connectivity index (χ1) is 14.1. The molecule has 1 heterocycles. The number of H-pyrrole nitrogens is 1. The van der Waals surface area contributed by atoms with Gasteiger partial charge in [-0.25, -0.2) is 4.98 Å². The molecular formula is C23H27N3O3. The molecular weight excluding hydrogens is 366 g/mol. The molecule has 0 fully saturated rings. The smallest absolute Gasteiger partial charge is 0.220 e. The molecule has 0 unspecified atom stereocenters. The number of amides is 1. The van der Waals surface area contributed by atoms with E-state index in [-0.39, 0.29) is 5.91 Å². The molecule has 0 saturated heterocycles. The van der Waals surface area contributed by atoms with E-state index < -0.39 is 0 Å². The lowest BCUT2D eigenvalue weighted by molar-refractivity contribution is -0.121. The van der Waals surface area contributed by atoms with Crippen molar-refractivity contribution in [3.05, 3.63) is 54.2 Å². The molecule has 2 aromatic carbocycles. The molecule has 0 aliphatic heterocycles. The van der Waals surface area contributed by atoms with Crippen LogP contribution in [0.4, 0.5) is 0 Å². The van der Waals surface area contributed by atoms with Crippen LogP contribution in [0, 0.1) is 0 Å². The third kappa shape index (κ3) is 5.16. The summed E-state index contributed by atoms with van der Waals surface area (Å²) in [4.78, 5) is 19.7. The summed E-state index contributed by atoms with van der Waals surface area (Å²) in [6.07, 6.45) is 4.28. The van der Waals surface area contributed by atoms with Crippen LogP contribution in [0.5, 0.6) is 11.5 Å². The molecule has 29 heavy (non-hydrogen) atoms. The number of rotatable bonds is 9. The predicted octanol–water partition coefficient (Wildman–Crippen LogP) is 4.57. The van der Waals surface area contributed by atoms with Crippen molar-refractivity contribution in [1.29, 1.82) is 0 Å². The summed E-state index contributed by atoms with van der Waals surface area (Å²) < 4.78 is 10.8. The number of carbonyl (C=O) groups excluding carboxylic acids is 1. The molecule has 0 saturated carbocycles. The summed E-state index contributed by atoms with van der Waals surface area (Å²) in [7, 11) is 3.28. The highest BCUT2D eigenvalue weighted by Gasteiger charge is 2.12. The van der Waals surface area contributed by atoms with Gasteiger partial charge in [-0.1, -0.05) is 31.5 Å². The molecule has 3 aromatic rings. The summed E-state index contributed by atoms with van der Waals surface area (Å²) in [5.41, 5.74) is 3.71. The number of unbranched alkanes of at least 4 members (excludes halogenated alkanes) is 1. The number of nitrogens with zero attached hydrogens (tertiary/aromatic N) is 1. The van der Waals surface area contributed by atoms with Crippen molar-refractivity contribution < 1.29 is 14.3 Å². The highest BCUT2D eigenvalue weighted by atomic mass is 16.5. The van der Waals surface area contributed by atoms with Gasteiger partial charge in [0.1, 0.15) is 17.3 Å². The van der Waals surface area contributed by atoms with Gasteiger partial charge in [0, 0.05) is 24.1 Å². The Morgan fingerprint density at radius 1 is 1.14 bits per heavy atom. The molecule has 152 valence electrons. The van der Waals surface area contributed by atoms with E-state index in [0.717, 1.165) is 52.5 Å². The minimum Gasteiger partial charge on any atom is -0.497 e. The van der Waals surface area contributed by atoms with Gasteiger partial charge in [-0.05, 0) is 36.2 Å². The van der Waals surface area contributed by atoms with E-state index in [2.05, 4.69) is 22.2 Å². The van der Waals surface area contributed by atoms with E-state index in [0.29, 0.717) is 13.0 Å². The standard InChI is InChI=1S/C23H27N3O3/c1-4-5-9-22(27)24-14-16-7-6-8-17(12-16)23-25-15-20(26-23)19-13-18(28-2)10-11-21(19)29-3/h6-8,10-13,15H,4-5,9,14H2,1-3H3,(H,24,27)(H,25,26). The average molecular weight is 393 g/mol. The first kappa shape index (κ1) is 20.5. The highest BCUT2D eigenvalue weighted by molar-refractivity contribution is 5.76. The topological polar surface area (TPSA) is 76.2 Å². The molecule has 2 N–H and O–H groups in total. The lowest BCUT2D eigenvalue weighted by Crippen LogP contribution is -2.22. The Balaban J connectivity index is 1.78. The Bertz CT molecular complexity index is 966. The van der Waals surface area contributed by atoms with E-state index in [1.807, 2.05) is 42.5 Å². The van der Waals surface area contributed by atoms with Crippen LogP contribution in [0.25, 0.3) is 22.6 Å². The van der Waals surface area contributed by atoms with Gasteiger partial charge in [0.2, 0.25) is 5.91 Å². The summed E-state index contributed by atoms with van der Waals surface area (Å²) >= 11 is 0. The molecule has 1 amide bonds. The zero-order valence-corrected chi connectivity index (χ0v) is 17.1. The third-order valence-electron chi connectivity index (χ3n) is 4.72. The van der Waals surface area contributed by atoms with E-state index in [9.17, 15) is 4.79 Å². The molecule has 0 aliphatic rings. The van der Waals surface area contributed by atoms with Crippen LogP contribution in [-0.4, -0.2) is 30.1 Å². The van der Waals surface area contributed by atoms with E-state index >= 15 is 0 Å². The minimum absolute atomic E-state index is 0.0858. The van der Waals surface area contributed by atoms with Crippen LogP contribution in [0.2, 0.25) is 0 Å². The number of imidazole rings is 1. The second-order valence-corrected chi connectivity index (χ2v) is 6.79. The Morgan fingerprint density at radius 3 is 2.76 bits per heavy atom. The number of carbonyl (C=O) groups is 1. The van der Waals surface area contributed by atoms with Gasteiger partial charge < -0.3 is 19.8 Å². The van der Waals surface area contributed by atoms with Crippen LogP contribution >= 0.6 is 0 Å². The van der Waals surface area contributed by atoms with Crippen molar-refractivity contribution in [2.24, 2.45) is 0 Å². The van der Waals surface area contributed by atoms with E-state index in [1.165, 1.54) is 0 Å². The van der Waals surface area contributed by atoms with Crippen molar-refractivity contribution in [2.45, 2.75) is 32.7 Å². The monoisotopic (exact) mass is 393 g/mol. The fourth-order valence-electron chi connectivity index (χ4n) is 3.08. The summed E-state index contributed by atoms with van der Waals surface area (Å²) in [6, 6.07) is 13.6. The Morgan fingerprint density at radius 2 is 2.00 bits per heavy atom. The Hall–Kier alpha value is -3.28. The summed E-state index contributed by atoms with van der Waals surface area (Å²) in [6.45, 7) is 2.59. The number of nitrogens with one attached hydrogen (secondary N) is 2. The maximum Gasteiger partial charge on any atom is 0.220 e. The molecule has 0 spiro atoms. The predicted molar refractivity (Wildman–Crippen MR) is 114 cm³/mol.